The standard InChI is InChI=1S/C13H24O3Si/c1-10(2)12(14)15-11(3)17(6)9-7-8-13(4,5)16-17/h11H,1,7-9H2,2-6H3. The monoisotopic (exact) mass is 256 g/mol. The summed E-state index contributed by atoms with van der Waals surface area (Å²) in [7, 11) is -1.97. The molecule has 0 aromatic rings. The van der Waals surface area contributed by atoms with E-state index in [4.69, 9.17) is 9.16 Å². The third-order valence-corrected chi connectivity index (χ3v) is 7.66. The summed E-state index contributed by atoms with van der Waals surface area (Å²) in [6.45, 7) is 13.6. The summed E-state index contributed by atoms with van der Waals surface area (Å²) in [5.41, 5.74) is 0.249. The molecule has 1 rings (SSSR count). The zero-order chi connectivity index (χ0) is 13.3. The summed E-state index contributed by atoms with van der Waals surface area (Å²) < 4.78 is 11.7. The number of rotatable bonds is 3. The van der Waals surface area contributed by atoms with E-state index in [2.05, 4.69) is 27.0 Å². The van der Waals surface area contributed by atoms with Gasteiger partial charge in [0.25, 0.3) is 0 Å². The van der Waals surface area contributed by atoms with Gasteiger partial charge in [-0.05, 0) is 46.7 Å². The molecule has 0 saturated carbocycles. The Balaban J connectivity index is 2.69. The van der Waals surface area contributed by atoms with Crippen molar-refractivity contribution in [3.8, 4) is 0 Å². The van der Waals surface area contributed by atoms with Crippen LogP contribution in [0.2, 0.25) is 12.6 Å². The van der Waals surface area contributed by atoms with Crippen LogP contribution in [0.3, 0.4) is 0 Å². The van der Waals surface area contributed by atoms with Gasteiger partial charge in [-0.25, -0.2) is 4.79 Å². The van der Waals surface area contributed by atoms with Crippen LogP contribution in [0.1, 0.15) is 40.5 Å². The van der Waals surface area contributed by atoms with Crippen molar-refractivity contribution >= 4 is 14.3 Å². The lowest BCUT2D eigenvalue weighted by atomic mass is 10.0. The minimum atomic E-state index is -1.97. The van der Waals surface area contributed by atoms with Crippen molar-refractivity contribution < 1.29 is 14.0 Å². The highest BCUT2D eigenvalue weighted by Crippen LogP contribution is 2.35. The molecule has 0 radical (unpaired) electrons. The van der Waals surface area contributed by atoms with E-state index >= 15 is 0 Å². The second-order valence-electron chi connectivity index (χ2n) is 5.86. The Kier molecular flexibility index (Phi) is 4.20. The van der Waals surface area contributed by atoms with E-state index in [1.165, 1.54) is 0 Å². The predicted molar refractivity (Wildman–Crippen MR) is 71.2 cm³/mol. The van der Waals surface area contributed by atoms with Crippen LogP contribution in [0, 0.1) is 0 Å². The summed E-state index contributed by atoms with van der Waals surface area (Å²) in [6, 6.07) is 1.06. The second kappa shape index (κ2) is 4.94. The quantitative estimate of drug-likeness (QED) is 0.442. The molecule has 17 heavy (non-hydrogen) atoms. The second-order valence-corrected chi connectivity index (χ2v) is 10.00. The first-order valence-electron chi connectivity index (χ1n) is 6.23. The largest absolute Gasteiger partial charge is 0.460 e. The minimum absolute atomic E-state index is 0.0802. The Morgan fingerprint density at radius 2 is 2.12 bits per heavy atom. The van der Waals surface area contributed by atoms with Crippen molar-refractivity contribution in [2.24, 2.45) is 0 Å². The molecule has 1 aliphatic heterocycles. The van der Waals surface area contributed by atoms with Gasteiger partial charge in [0.1, 0.15) is 5.73 Å². The smallest absolute Gasteiger partial charge is 0.333 e. The number of ether oxygens (including phenoxy) is 1. The molecule has 0 N–H and O–H groups in total. The minimum Gasteiger partial charge on any atom is -0.460 e. The van der Waals surface area contributed by atoms with E-state index < -0.39 is 8.32 Å². The average molecular weight is 256 g/mol. The highest BCUT2D eigenvalue weighted by molar-refractivity contribution is 6.74. The summed E-state index contributed by atoms with van der Waals surface area (Å²) in [4.78, 5) is 11.5. The Bertz CT molecular complexity index is 325. The molecule has 4 heteroatoms. The van der Waals surface area contributed by atoms with E-state index in [-0.39, 0.29) is 17.3 Å². The Morgan fingerprint density at radius 1 is 1.53 bits per heavy atom. The predicted octanol–water partition coefficient (Wildman–Crippen LogP) is 3.20. The number of esters is 1. The van der Waals surface area contributed by atoms with Crippen molar-refractivity contribution in [2.75, 3.05) is 0 Å². The van der Waals surface area contributed by atoms with Crippen molar-refractivity contribution in [2.45, 2.75) is 64.5 Å². The number of hydrogen-bond acceptors (Lipinski definition) is 3. The molecule has 0 aromatic carbocycles. The van der Waals surface area contributed by atoms with Gasteiger partial charge in [0, 0.05) is 5.57 Å². The van der Waals surface area contributed by atoms with Gasteiger partial charge in [-0.2, -0.15) is 0 Å². The lowest BCUT2D eigenvalue weighted by Gasteiger charge is -2.44. The molecule has 0 amide bonds. The van der Waals surface area contributed by atoms with E-state index in [0.717, 1.165) is 18.9 Å². The van der Waals surface area contributed by atoms with Gasteiger partial charge in [-0.15, -0.1) is 0 Å². The molecule has 98 valence electrons. The van der Waals surface area contributed by atoms with Crippen LogP contribution < -0.4 is 0 Å². The summed E-state index contributed by atoms with van der Waals surface area (Å²) >= 11 is 0. The molecule has 0 spiro atoms. The van der Waals surface area contributed by atoms with Crippen LogP contribution in [0.5, 0.6) is 0 Å². The van der Waals surface area contributed by atoms with Gasteiger partial charge >= 0.3 is 5.97 Å². The number of carbonyl (C=O) groups is 1. The Hall–Kier alpha value is -0.613. The van der Waals surface area contributed by atoms with E-state index in [1.807, 2.05) is 6.92 Å². The van der Waals surface area contributed by atoms with Crippen LogP contribution in [0.25, 0.3) is 0 Å². The molecule has 1 heterocycles. The molecule has 1 aliphatic rings. The molecular weight excluding hydrogens is 232 g/mol. The van der Waals surface area contributed by atoms with E-state index in [1.54, 1.807) is 6.92 Å². The van der Waals surface area contributed by atoms with Gasteiger partial charge in [0.2, 0.25) is 8.32 Å². The molecule has 0 aliphatic carbocycles. The van der Waals surface area contributed by atoms with Crippen molar-refractivity contribution in [1.82, 2.24) is 0 Å². The lowest BCUT2D eigenvalue weighted by molar-refractivity contribution is -0.141. The molecule has 0 aromatic heterocycles. The average Bonchev–Trinajstić information content (AvgIpc) is 2.15. The maximum absolute atomic E-state index is 11.5. The van der Waals surface area contributed by atoms with Crippen molar-refractivity contribution in [1.29, 1.82) is 0 Å². The third kappa shape index (κ3) is 3.68. The summed E-state index contributed by atoms with van der Waals surface area (Å²) in [5, 5.41) is 0. The van der Waals surface area contributed by atoms with E-state index in [0.29, 0.717) is 5.57 Å². The SMILES string of the molecule is C=C(C)C(=O)OC(C)[Si]1(C)CCCC(C)(C)O1. The molecule has 2 atom stereocenters. The number of hydrogen-bond donors (Lipinski definition) is 0. The van der Waals surface area contributed by atoms with Crippen LogP contribution in [-0.4, -0.2) is 25.6 Å². The van der Waals surface area contributed by atoms with Gasteiger partial charge in [0.05, 0.1) is 5.60 Å². The fraction of sp³-hybridized carbons (Fsp3) is 0.769. The maximum Gasteiger partial charge on any atom is 0.333 e. The first-order valence-corrected chi connectivity index (χ1v) is 8.92. The Labute approximate surface area is 105 Å². The summed E-state index contributed by atoms with van der Waals surface area (Å²) in [5.74, 6) is -0.307. The van der Waals surface area contributed by atoms with Gasteiger partial charge in [-0.3, -0.25) is 0 Å². The maximum atomic E-state index is 11.5. The molecule has 1 fully saturated rings. The lowest BCUT2D eigenvalue weighted by Crippen LogP contribution is -2.55. The van der Waals surface area contributed by atoms with Crippen LogP contribution in [-0.2, 0) is 14.0 Å². The van der Waals surface area contributed by atoms with Crippen LogP contribution in [0.15, 0.2) is 12.2 Å². The Morgan fingerprint density at radius 3 is 2.59 bits per heavy atom. The van der Waals surface area contributed by atoms with Gasteiger partial charge in [-0.1, -0.05) is 13.0 Å². The van der Waals surface area contributed by atoms with Crippen molar-refractivity contribution in [3.63, 3.8) is 0 Å². The van der Waals surface area contributed by atoms with E-state index in [9.17, 15) is 4.79 Å². The highest BCUT2D eigenvalue weighted by atomic mass is 28.4. The third-order valence-electron chi connectivity index (χ3n) is 3.45. The molecule has 3 nitrogen and oxygen atoms in total. The van der Waals surface area contributed by atoms with Gasteiger partial charge in [0.15, 0.2) is 0 Å². The zero-order valence-electron chi connectivity index (χ0n) is 11.6. The molecule has 0 bridgehead atoms. The fourth-order valence-electron chi connectivity index (χ4n) is 2.27. The number of carbonyl (C=O) groups excluding carboxylic acids is 1. The van der Waals surface area contributed by atoms with Crippen LogP contribution in [0.4, 0.5) is 0 Å². The molecule has 2 unspecified atom stereocenters. The normalized spacial score (nSPS) is 29.5. The molecular formula is C13H24O3Si. The molecule has 1 saturated heterocycles. The topological polar surface area (TPSA) is 35.5 Å². The van der Waals surface area contributed by atoms with Gasteiger partial charge < -0.3 is 9.16 Å². The first kappa shape index (κ1) is 14.4. The van der Waals surface area contributed by atoms with Crippen LogP contribution >= 0.6 is 0 Å². The summed E-state index contributed by atoms with van der Waals surface area (Å²) in [6.07, 6.45) is 2.24. The van der Waals surface area contributed by atoms with Crippen molar-refractivity contribution in [3.05, 3.63) is 12.2 Å². The fourth-order valence-corrected chi connectivity index (χ4v) is 5.54. The highest BCUT2D eigenvalue weighted by Gasteiger charge is 2.45. The zero-order valence-corrected chi connectivity index (χ0v) is 12.6. The first-order chi connectivity index (χ1) is 7.66.